The summed E-state index contributed by atoms with van der Waals surface area (Å²) in [6, 6.07) is 2.30. The van der Waals surface area contributed by atoms with Crippen LogP contribution in [0.5, 0.6) is 0 Å². The van der Waals surface area contributed by atoms with Crippen molar-refractivity contribution in [3.05, 3.63) is 21.9 Å². The van der Waals surface area contributed by atoms with Crippen LogP contribution in [0.3, 0.4) is 0 Å². The topological polar surface area (TPSA) is 3.24 Å². The van der Waals surface area contributed by atoms with E-state index < -0.39 is 0 Å². The molecular formula is C12H19NS. The van der Waals surface area contributed by atoms with Crippen LogP contribution in [0.2, 0.25) is 0 Å². The van der Waals surface area contributed by atoms with Gasteiger partial charge in [-0.25, -0.2) is 0 Å². The molecule has 0 amide bonds. The highest BCUT2D eigenvalue weighted by atomic mass is 32.1. The molecule has 2 heterocycles. The highest BCUT2D eigenvalue weighted by molar-refractivity contribution is 7.10. The van der Waals surface area contributed by atoms with Gasteiger partial charge in [-0.05, 0) is 57.2 Å². The van der Waals surface area contributed by atoms with Crippen molar-refractivity contribution >= 4 is 11.3 Å². The maximum atomic E-state index is 2.59. The van der Waals surface area contributed by atoms with E-state index in [9.17, 15) is 0 Å². The number of nitrogens with zero attached hydrogens (tertiary/aromatic N) is 1. The molecule has 0 saturated heterocycles. The second kappa shape index (κ2) is 3.67. The lowest BCUT2D eigenvalue weighted by Crippen LogP contribution is -2.40. The third-order valence-electron chi connectivity index (χ3n) is 2.98. The van der Waals surface area contributed by atoms with Crippen LogP contribution < -0.4 is 0 Å². The Labute approximate surface area is 90.7 Å². The number of hydrogen-bond acceptors (Lipinski definition) is 2. The first-order valence-electron chi connectivity index (χ1n) is 5.38. The highest BCUT2D eigenvalue weighted by Crippen LogP contribution is 2.27. The van der Waals surface area contributed by atoms with E-state index in [0.29, 0.717) is 5.54 Å². The smallest absolute Gasteiger partial charge is 0.0249 e. The van der Waals surface area contributed by atoms with Crippen LogP contribution in [0.25, 0.3) is 0 Å². The lowest BCUT2D eigenvalue weighted by molar-refractivity contribution is 0.130. The zero-order chi connectivity index (χ0) is 10.2. The van der Waals surface area contributed by atoms with Gasteiger partial charge in [-0.1, -0.05) is 0 Å². The summed E-state index contributed by atoms with van der Waals surface area (Å²) in [7, 11) is 0. The van der Waals surface area contributed by atoms with Gasteiger partial charge in [-0.2, -0.15) is 0 Å². The van der Waals surface area contributed by atoms with Gasteiger partial charge < -0.3 is 0 Å². The number of hydrogen-bond donors (Lipinski definition) is 0. The Kier molecular flexibility index (Phi) is 2.67. The Morgan fingerprint density at radius 1 is 1.36 bits per heavy atom. The van der Waals surface area contributed by atoms with Crippen molar-refractivity contribution in [3.63, 3.8) is 0 Å². The predicted octanol–water partition coefficient (Wildman–Crippen LogP) is 3.29. The first-order valence-corrected chi connectivity index (χ1v) is 6.25. The number of thiophene rings is 1. The Morgan fingerprint density at radius 3 is 2.86 bits per heavy atom. The van der Waals surface area contributed by atoms with Gasteiger partial charge in [0.15, 0.2) is 0 Å². The van der Waals surface area contributed by atoms with E-state index in [2.05, 4.69) is 37.1 Å². The van der Waals surface area contributed by atoms with Gasteiger partial charge in [-0.15, -0.1) is 11.3 Å². The summed E-state index contributed by atoms with van der Waals surface area (Å²) < 4.78 is 0. The molecule has 0 bridgehead atoms. The normalized spacial score (nSPS) is 19.1. The minimum atomic E-state index is 0.309. The molecule has 0 N–H and O–H groups in total. The fraction of sp³-hybridized carbons (Fsp3) is 0.667. The third-order valence-corrected chi connectivity index (χ3v) is 4.00. The lowest BCUT2D eigenvalue weighted by Gasteiger charge is -2.34. The van der Waals surface area contributed by atoms with E-state index in [4.69, 9.17) is 0 Å². The Hall–Kier alpha value is -0.340. The van der Waals surface area contributed by atoms with Crippen LogP contribution in [-0.2, 0) is 13.0 Å². The van der Waals surface area contributed by atoms with Crippen molar-refractivity contribution < 1.29 is 0 Å². The molecule has 14 heavy (non-hydrogen) atoms. The molecule has 78 valence electrons. The molecule has 1 aromatic rings. The number of aryl methyl sites for hydroxylation is 1. The molecule has 0 saturated carbocycles. The summed E-state index contributed by atoms with van der Waals surface area (Å²) in [5.74, 6) is 0. The number of fused-ring (bicyclic) bond motifs is 1. The van der Waals surface area contributed by atoms with Gasteiger partial charge in [-0.3, -0.25) is 4.90 Å². The molecule has 2 rings (SSSR count). The van der Waals surface area contributed by atoms with E-state index >= 15 is 0 Å². The molecule has 1 aromatic heterocycles. The molecule has 0 fully saturated rings. The van der Waals surface area contributed by atoms with Crippen LogP contribution in [0, 0.1) is 0 Å². The first-order chi connectivity index (χ1) is 6.57. The van der Waals surface area contributed by atoms with Gasteiger partial charge in [0.05, 0.1) is 0 Å². The second-order valence-electron chi connectivity index (χ2n) is 5.06. The Bertz CT molecular complexity index is 308. The Balaban J connectivity index is 2.20. The molecule has 0 spiro atoms. The van der Waals surface area contributed by atoms with Crippen LogP contribution in [0.15, 0.2) is 11.4 Å². The van der Waals surface area contributed by atoms with Gasteiger partial charge in [0.2, 0.25) is 0 Å². The summed E-state index contributed by atoms with van der Waals surface area (Å²) in [6.07, 6.45) is 2.59. The van der Waals surface area contributed by atoms with Gasteiger partial charge in [0, 0.05) is 17.0 Å². The van der Waals surface area contributed by atoms with Crippen molar-refractivity contribution in [1.82, 2.24) is 4.90 Å². The van der Waals surface area contributed by atoms with Crippen LogP contribution in [-0.4, -0.2) is 17.0 Å². The molecule has 0 aliphatic carbocycles. The minimum absolute atomic E-state index is 0.309. The molecule has 1 aliphatic rings. The van der Waals surface area contributed by atoms with Crippen molar-refractivity contribution in [1.29, 1.82) is 0 Å². The predicted molar refractivity (Wildman–Crippen MR) is 62.8 cm³/mol. The number of rotatable bonds is 0. The van der Waals surface area contributed by atoms with Gasteiger partial charge >= 0.3 is 0 Å². The van der Waals surface area contributed by atoms with Crippen LogP contribution >= 0.6 is 11.3 Å². The first kappa shape index (κ1) is 10.2. The quantitative estimate of drug-likeness (QED) is 0.634. The van der Waals surface area contributed by atoms with Crippen LogP contribution in [0.4, 0.5) is 0 Å². The third kappa shape index (κ3) is 2.01. The summed E-state index contributed by atoms with van der Waals surface area (Å²) in [6.45, 7) is 9.31. The standard InChI is InChI=1S/C12H19NS/c1-12(2,3)13-7-4-5-11-10(9-13)6-8-14-11/h6,8H,4-5,7,9H2,1-3H3. The molecule has 1 aliphatic heterocycles. The van der Waals surface area contributed by atoms with Crippen LogP contribution in [0.1, 0.15) is 37.6 Å². The fourth-order valence-electron chi connectivity index (χ4n) is 2.02. The zero-order valence-corrected chi connectivity index (χ0v) is 10.2. The molecule has 0 unspecified atom stereocenters. The molecule has 0 radical (unpaired) electrons. The summed E-state index contributed by atoms with van der Waals surface area (Å²) in [4.78, 5) is 4.20. The van der Waals surface area contributed by atoms with Crippen molar-refractivity contribution in [2.45, 2.75) is 45.7 Å². The maximum absolute atomic E-state index is 2.59. The maximum Gasteiger partial charge on any atom is 0.0249 e. The van der Waals surface area contributed by atoms with Crippen molar-refractivity contribution in [3.8, 4) is 0 Å². The zero-order valence-electron chi connectivity index (χ0n) is 9.34. The average Bonchev–Trinajstić information content (AvgIpc) is 2.41. The summed E-state index contributed by atoms with van der Waals surface area (Å²) in [5.41, 5.74) is 1.87. The monoisotopic (exact) mass is 209 g/mol. The summed E-state index contributed by atoms with van der Waals surface area (Å²) >= 11 is 1.92. The molecule has 2 heteroatoms. The second-order valence-corrected chi connectivity index (χ2v) is 6.07. The van der Waals surface area contributed by atoms with E-state index in [1.54, 1.807) is 10.4 Å². The lowest BCUT2D eigenvalue weighted by atomic mass is 10.1. The average molecular weight is 209 g/mol. The Morgan fingerprint density at radius 2 is 2.14 bits per heavy atom. The van der Waals surface area contributed by atoms with E-state index in [1.807, 2.05) is 11.3 Å². The van der Waals surface area contributed by atoms with Crippen molar-refractivity contribution in [2.24, 2.45) is 0 Å². The molecular weight excluding hydrogens is 190 g/mol. The van der Waals surface area contributed by atoms with E-state index in [1.165, 1.54) is 19.4 Å². The van der Waals surface area contributed by atoms with Crippen molar-refractivity contribution in [2.75, 3.05) is 6.54 Å². The van der Waals surface area contributed by atoms with Gasteiger partial charge in [0.25, 0.3) is 0 Å². The van der Waals surface area contributed by atoms with E-state index in [-0.39, 0.29) is 0 Å². The van der Waals surface area contributed by atoms with Gasteiger partial charge in [0.1, 0.15) is 0 Å². The largest absolute Gasteiger partial charge is 0.294 e. The minimum Gasteiger partial charge on any atom is -0.294 e. The SMILES string of the molecule is CC(C)(C)N1CCCc2sccc2C1. The molecule has 0 aromatic carbocycles. The summed E-state index contributed by atoms with van der Waals surface area (Å²) in [5, 5.41) is 2.23. The van der Waals surface area contributed by atoms with E-state index in [0.717, 1.165) is 6.54 Å². The fourth-order valence-corrected chi connectivity index (χ4v) is 2.96. The molecule has 1 nitrogen and oxygen atoms in total. The highest BCUT2D eigenvalue weighted by Gasteiger charge is 2.24. The molecule has 0 atom stereocenters.